The first-order chi connectivity index (χ1) is 17.2. The quantitative estimate of drug-likeness (QED) is 0.349. The Balaban J connectivity index is 1.15. The lowest BCUT2D eigenvalue weighted by Gasteiger charge is -2.25. The topological polar surface area (TPSA) is 70.9 Å². The molecule has 0 amide bonds. The van der Waals surface area contributed by atoms with Gasteiger partial charge in [-0.2, -0.15) is 4.98 Å². The van der Waals surface area contributed by atoms with E-state index < -0.39 is 0 Å². The van der Waals surface area contributed by atoms with Crippen molar-refractivity contribution in [3.63, 3.8) is 0 Å². The van der Waals surface area contributed by atoms with Crippen molar-refractivity contribution in [1.82, 2.24) is 24.4 Å². The molecule has 1 aliphatic heterocycles. The highest BCUT2D eigenvalue weighted by molar-refractivity contribution is 5.81. The van der Waals surface area contributed by atoms with Crippen LogP contribution < -0.4 is 10.6 Å². The zero-order valence-corrected chi connectivity index (χ0v) is 20.3. The van der Waals surface area contributed by atoms with Crippen molar-refractivity contribution < 1.29 is 0 Å². The number of imidazole rings is 1. The summed E-state index contributed by atoms with van der Waals surface area (Å²) in [5.74, 6) is 2.36. The summed E-state index contributed by atoms with van der Waals surface area (Å²) < 4.78 is 2.02. The summed E-state index contributed by atoms with van der Waals surface area (Å²) in [6.07, 6.45) is 9.10. The van der Waals surface area contributed by atoms with E-state index >= 15 is 0 Å². The molecule has 6 rings (SSSR count). The van der Waals surface area contributed by atoms with Crippen LogP contribution in [0.2, 0.25) is 0 Å². The average Bonchev–Trinajstić information content (AvgIpc) is 3.43. The number of nitrogens with one attached hydrogen (secondary N) is 2. The summed E-state index contributed by atoms with van der Waals surface area (Å²) in [4.78, 5) is 16.5. The highest BCUT2D eigenvalue weighted by atomic mass is 15.2. The second-order valence-corrected chi connectivity index (χ2v) is 9.95. The van der Waals surface area contributed by atoms with E-state index in [4.69, 9.17) is 4.98 Å². The van der Waals surface area contributed by atoms with E-state index in [0.717, 1.165) is 35.0 Å². The van der Waals surface area contributed by atoms with Gasteiger partial charge in [0.05, 0.1) is 17.1 Å². The van der Waals surface area contributed by atoms with Crippen molar-refractivity contribution in [3.8, 4) is 5.82 Å². The molecule has 7 heteroatoms. The third-order valence-electron chi connectivity index (χ3n) is 7.31. The third kappa shape index (κ3) is 5.00. The van der Waals surface area contributed by atoms with Gasteiger partial charge in [0.2, 0.25) is 5.95 Å². The van der Waals surface area contributed by atoms with Gasteiger partial charge >= 0.3 is 0 Å². The maximum absolute atomic E-state index is 4.76. The monoisotopic (exact) mass is 467 g/mol. The molecule has 0 bridgehead atoms. The molecule has 0 spiro atoms. The Labute approximate surface area is 206 Å². The van der Waals surface area contributed by atoms with Crippen LogP contribution in [0.3, 0.4) is 0 Å². The first kappa shape index (κ1) is 22.0. The number of hydrogen-bond donors (Lipinski definition) is 2. The number of hydrogen-bond acceptors (Lipinski definition) is 6. The Kier molecular flexibility index (Phi) is 6.08. The number of benzene rings is 2. The van der Waals surface area contributed by atoms with Gasteiger partial charge in [-0.15, -0.1) is 0 Å². The van der Waals surface area contributed by atoms with E-state index in [1.54, 1.807) is 6.20 Å². The summed E-state index contributed by atoms with van der Waals surface area (Å²) in [6, 6.07) is 19.4. The summed E-state index contributed by atoms with van der Waals surface area (Å²) >= 11 is 0. The Morgan fingerprint density at radius 1 is 1.03 bits per heavy atom. The van der Waals surface area contributed by atoms with Crippen molar-refractivity contribution in [2.45, 2.75) is 44.7 Å². The predicted molar refractivity (Wildman–Crippen MR) is 141 cm³/mol. The molecule has 1 saturated carbocycles. The second-order valence-electron chi connectivity index (χ2n) is 9.95. The number of likely N-dealkylation sites (tertiary alicyclic amines) is 1. The molecule has 2 atom stereocenters. The summed E-state index contributed by atoms with van der Waals surface area (Å²) in [7, 11) is 0. The molecule has 3 heterocycles. The molecule has 1 saturated heterocycles. The third-order valence-corrected chi connectivity index (χ3v) is 7.31. The minimum absolute atomic E-state index is 0.111. The van der Waals surface area contributed by atoms with Crippen LogP contribution in [-0.4, -0.2) is 50.1 Å². The second kappa shape index (κ2) is 9.66. The molecule has 180 valence electrons. The van der Waals surface area contributed by atoms with E-state index in [0.29, 0.717) is 12.0 Å². The first-order valence-electron chi connectivity index (χ1n) is 12.8. The smallest absolute Gasteiger partial charge is 0.225 e. The van der Waals surface area contributed by atoms with Gasteiger partial charge in [0, 0.05) is 31.0 Å². The van der Waals surface area contributed by atoms with Crippen molar-refractivity contribution in [1.29, 1.82) is 0 Å². The molecule has 4 aromatic rings. The molecular weight excluding hydrogens is 434 g/mol. The van der Waals surface area contributed by atoms with Gasteiger partial charge in [0.1, 0.15) is 12.1 Å². The molecule has 35 heavy (non-hydrogen) atoms. The number of aromatic nitrogens is 4. The van der Waals surface area contributed by atoms with E-state index in [9.17, 15) is 0 Å². The Morgan fingerprint density at radius 3 is 2.77 bits per heavy atom. The number of anilines is 2. The predicted octanol–water partition coefficient (Wildman–Crippen LogP) is 5.27. The van der Waals surface area contributed by atoms with Crippen LogP contribution in [0.5, 0.6) is 0 Å². The molecule has 1 unspecified atom stereocenters. The first-order valence-corrected chi connectivity index (χ1v) is 12.8. The van der Waals surface area contributed by atoms with Gasteiger partial charge in [0.15, 0.2) is 0 Å². The Morgan fingerprint density at radius 2 is 1.91 bits per heavy atom. The standard InChI is InChI=1S/C28H33N7/c1-20(22-6-3-2-4-7-22)32-28-29-14-13-27(33-28)35-19-31-25-16-23(11-12-26(25)35)30-17-24-8-5-15-34(24)18-21-9-10-21/h2-4,6-7,11-14,16,19-21,24,30H,5,8-10,15,17-18H2,1H3,(H,29,32,33)/t20-,24?/m0/s1. The fourth-order valence-corrected chi connectivity index (χ4v) is 5.11. The molecule has 1 aliphatic carbocycles. The van der Waals surface area contributed by atoms with Crippen molar-refractivity contribution in [2.24, 2.45) is 5.92 Å². The normalized spacial score (nSPS) is 19.2. The van der Waals surface area contributed by atoms with Crippen LogP contribution in [0.25, 0.3) is 16.9 Å². The molecule has 2 aromatic carbocycles. The zero-order chi connectivity index (χ0) is 23.6. The van der Waals surface area contributed by atoms with Gasteiger partial charge in [-0.3, -0.25) is 9.47 Å². The molecule has 7 nitrogen and oxygen atoms in total. The lowest BCUT2D eigenvalue weighted by atomic mass is 10.1. The van der Waals surface area contributed by atoms with E-state index in [2.05, 4.69) is 62.8 Å². The molecule has 2 aromatic heterocycles. The van der Waals surface area contributed by atoms with Gasteiger partial charge in [0.25, 0.3) is 0 Å². The minimum atomic E-state index is 0.111. The highest BCUT2D eigenvalue weighted by Gasteiger charge is 2.30. The Hall–Kier alpha value is -3.45. The lowest BCUT2D eigenvalue weighted by Crippen LogP contribution is -2.36. The van der Waals surface area contributed by atoms with Crippen molar-refractivity contribution in [2.75, 3.05) is 30.3 Å². The van der Waals surface area contributed by atoms with Gasteiger partial charge in [-0.1, -0.05) is 30.3 Å². The van der Waals surface area contributed by atoms with Crippen LogP contribution in [0.4, 0.5) is 11.6 Å². The SMILES string of the molecule is C[C@H](Nc1nccc(-n2cnc3cc(NCC4CCCN4CC4CC4)ccc32)n1)c1ccccc1. The van der Waals surface area contributed by atoms with Crippen LogP contribution in [0.1, 0.15) is 44.2 Å². The maximum Gasteiger partial charge on any atom is 0.225 e. The van der Waals surface area contributed by atoms with Crippen molar-refractivity contribution in [3.05, 3.63) is 72.7 Å². The highest BCUT2D eigenvalue weighted by Crippen LogP contribution is 2.32. The van der Waals surface area contributed by atoms with Crippen LogP contribution >= 0.6 is 0 Å². The molecule has 2 aliphatic rings. The summed E-state index contributed by atoms with van der Waals surface area (Å²) in [5.41, 5.74) is 4.32. The summed E-state index contributed by atoms with van der Waals surface area (Å²) in [5, 5.41) is 7.08. The van der Waals surface area contributed by atoms with Gasteiger partial charge in [-0.05, 0) is 74.9 Å². The van der Waals surface area contributed by atoms with E-state index in [1.807, 2.05) is 35.2 Å². The number of nitrogens with zero attached hydrogens (tertiary/aromatic N) is 5. The van der Waals surface area contributed by atoms with Crippen LogP contribution in [0, 0.1) is 5.92 Å². The molecule has 0 radical (unpaired) electrons. The number of fused-ring (bicyclic) bond motifs is 1. The number of rotatable bonds is 9. The molecular formula is C28H33N7. The van der Waals surface area contributed by atoms with Crippen molar-refractivity contribution >= 4 is 22.7 Å². The average molecular weight is 468 g/mol. The zero-order valence-electron chi connectivity index (χ0n) is 20.3. The van der Waals surface area contributed by atoms with Crippen LogP contribution in [0.15, 0.2) is 67.1 Å². The minimum Gasteiger partial charge on any atom is -0.383 e. The summed E-state index contributed by atoms with van der Waals surface area (Å²) in [6.45, 7) is 5.66. The fourth-order valence-electron chi connectivity index (χ4n) is 5.11. The van der Waals surface area contributed by atoms with Gasteiger partial charge < -0.3 is 10.6 Å². The Bertz CT molecular complexity index is 1280. The largest absolute Gasteiger partial charge is 0.383 e. The maximum atomic E-state index is 4.76. The van der Waals surface area contributed by atoms with Gasteiger partial charge in [-0.25, -0.2) is 9.97 Å². The molecule has 2 fully saturated rings. The van der Waals surface area contributed by atoms with E-state index in [-0.39, 0.29) is 6.04 Å². The van der Waals surface area contributed by atoms with Crippen LogP contribution in [-0.2, 0) is 0 Å². The fraction of sp³-hybridized carbons (Fsp3) is 0.393. The lowest BCUT2D eigenvalue weighted by molar-refractivity contribution is 0.252. The molecule has 2 N–H and O–H groups in total. The van der Waals surface area contributed by atoms with E-state index in [1.165, 1.54) is 44.3 Å².